The third-order valence-corrected chi connectivity index (χ3v) is 0.109. The van der Waals surface area contributed by atoms with Crippen molar-refractivity contribution >= 4 is 0 Å². The first kappa shape index (κ1) is 8.86. The molecule has 0 aromatic carbocycles. The minimum absolute atomic E-state index is 0. The zero-order valence-corrected chi connectivity index (χ0v) is 2.49. The Morgan fingerprint density at radius 3 is 2.00 bits per heavy atom. The molecule has 0 spiro atoms. The molecule has 2 heteroatoms. The molecule has 0 saturated heterocycles. The van der Waals surface area contributed by atoms with Gasteiger partial charge in [0.1, 0.15) is 0 Å². The summed E-state index contributed by atoms with van der Waals surface area (Å²) in [5, 5.41) is 0. The molecule has 0 N–H and O–H groups in total. The maximum absolute atomic E-state index is 10.2. The maximum Gasteiger partial charge on any atom is 0.0848 e. The molecule has 0 radical (unpaired) electrons. The van der Waals surface area contributed by atoms with E-state index in [4.69, 9.17) is 0 Å². The first-order valence-electron chi connectivity index (χ1n) is 1.15. The van der Waals surface area contributed by atoms with Crippen molar-refractivity contribution in [2.75, 3.05) is 6.61 Å². The van der Waals surface area contributed by atoms with E-state index in [-0.39, 0.29) is 14.0 Å². The van der Waals surface area contributed by atoms with Crippen LogP contribution in [0.3, 0.4) is 0 Å². The number of hydrogen-bond donors (Lipinski definition) is 0. The Morgan fingerprint density at radius 2 is 2.00 bits per heavy atom. The molecule has 0 rings (SSSR count). The molecule has 0 aliphatic rings. The highest BCUT2D eigenvalue weighted by Gasteiger charge is 1.57. The number of hydrogen-bond acceptors (Lipinski definition) is 1. The molecule has 0 aromatic rings. The van der Waals surface area contributed by atoms with E-state index in [0.717, 1.165) is 0 Å². The smallest absolute Gasteiger partial charge is 0.0848 e. The fourth-order valence-electron chi connectivity index (χ4n) is 0. The molecule has 0 unspecified atom stereocenters. The average Bonchev–Trinajstić information content (AvgIpc) is 1.37. The van der Waals surface area contributed by atoms with Gasteiger partial charge in [-0.05, 0) is 11.4 Å². The summed E-state index contributed by atoms with van der Waals surface area (Å²) in [6, 6.07) is 0. The maximum atomic E-state index is 10.2. The van der Waals surface area contributed by atoms with Gasteiger partial charge in [-0.15, -0.1) is 0 Å². The van der Waals surface area contributed by atoms with E-state index in [1.54, 1.807) is 6.92 Å². The van der Waals surface area contributed by atoms with Crippen LogP contribution in [0.15, 0.2) is 0 Å². The molecule has 0 fully saturated rings. The number of rotatable bonds is 1. The summed E-state index contributed by atoms with van der Waals surface area (Å²) in [5.41, 5.74) is 0. The van der Waals surface area contributed by atoms with E-state index in [1.165, 1.54) is 0 Å². The van der Waals surface area contributed by atoms with Gasteiger partial charge in [0.05, 0.1) is 6.61 Å². The Labute approximate surface area is 31.7 Å². The Kier molecular flexibility index (Phi) is 16.1. The van der Waals surface area contributed by atoms with Crippen molar-refractivity contribution in [2.24, 2.45) is 0 Å². The van der Waals surface area contributed by atoms with Gasteiger partial charge in [-0.1, -0.05) is 7.43 Å². The van der Waals surface area contributed by atoms with Crippen LogP contribution in [0.5, 0.6) is 0 Å². The van der Waals surface area contributed by atoms with Gasteiger partial charge in [-0.2, -0.15) is 4.94 Å². The zero-order chi connectivity index (χ0) is 3.41. The molecule has 0 bridgehead atoms. The topological polar surface area (TPSA) is 9.23 Å². The Hall–Kier alpha value is -0.110. The van der Waals surface area contributed by atoms with Crippen molar-refractivity contribution < 1.29 is 9.47 Å². The zero-order valence-electron chi connectivity index (χ0n) is 2.49. The van der Waals surface area contributed by atoms with Gasteiger partial charge in [0.15, 0.2) is 0 Å². The lowest BCUT2D eigenvalue weighted by Gasteiger charge is -1.68. The largest absolute Gasteiger partial charge is 0.195 e. The Bertz CT molecular complexity index is 8.85. The van der Waals surface area contributed by atoms with E-state index in [1.807, 2.05) is 0 Å². The van der Waals surface area contributed by atoms with Gasteiger partial charge in [0, 0.05) is 0 Å². The monoisotopic (exact) mass is 80.1 g/mol. The van der Waals surface area contributed by atoms with Gasteiger partial charge in [-0.25, -0.2) is 0 Å². The van der Waals surface area contributed by atoms with Crippen molar-refractivity contribution in [3.05, 3.63) is 0 Å². The molecule has 0 saturated carbocycles. The minimum Gasteiger partial charge on any atom is -0.195 e. The second-order valence-electron chi connectivity index (χ2n) is 0.398. The normalized spacial score (nSPS) is 6.00. The first-order chi connectivity index (χ1) is 1.91. The third-order valence-electron chi connectivity index (χ3n) is 0.109. The minimum atomic E-state index is 0. The molecular weight excluding hydrogens is 71.0 g/mol. The van der Waals surface area contributed by atoms with Crippen LogP contribution < -0.4 is 0 Å². The van der Waals surface area contributed by atoms with Crippen molar-refractivity contribution in [3.8, 4) is 0 Å². The van der Waals surface area contributed by atoms with Crippen LogP contribution >= 0.6 is 0 Å². The standard InChI is InChI=1S/C2H5FO.CH4/c1-2-4-3;/h2H2,1H3;1H4. The van der Waals surface area contributed by atoms with Gasteiger partial charge in [0.2, 0.25) is 0 Å². The summed E-state index contributed by atoms with van der Waals surface area (Å²) < 4.78 is 10.2. The lowest BCUT2D eigenvalue weighted by Crippen LogP contribution is -1.66. The molecule has 1 nitrogen and oxygen atoms in total. The van der Waals surface area contributed by atoms with Crippen molar-refractivity contribution in [1.29, 1.82) is 0 Å². The van der Waals surface area contributed by atoms with Crippen LogP contribution in [-0.2, 0) is 4.94 Å². The molecular formula is C3H9FO. The number of halogens is 1. The molecule has 0 aliphatic carbocycles. The summed E-state index contributed by atoms with van der Waals surface area (Å²) in [4.78, 5) is 3.04. The molecule has 0 aliphatic heterocycles. The summed E-state index contributed by atoms with van der Waals surface area (Å²) in [5.74, 6) is 0. The fourth-order valence-corrected chi connectivity index (χ4v) is 0. The highest BCUT2D eigenvalue weighted by atomic mass is 19.3. The average molecular weight is 80.1 g/mol. The molecule has 0 aromatic heterocycles. The van der Waals surface area contributed by atoms with Crippen molar-refractivity contribution in [2.45, 2.75) is 14.4 Å². The molecule has 34 valence electrons. The summed E-state index contributed by atoms with van der Waals surface area (Å²) in [6.45, 7) is 1.74. The second-order valence-corrected chi connectivity index (χ2v) is 0.398. The highest BCUT2D eigenvalue weighted by Crippen LogP contribution is 1.63. The molecule has 0 heterocycles. The predicted octanol–water partition coefficient (Wildman–Crippen LogP) is 1.54. The third kappa shape index (κ3) is 17.5. The van der Waals surface area contributed by atoms with Crippen LogP contribution in [0.2, 0.25) is 0 Å². The fraction of sp³-hybridized carbons (Fsp3) is 1.00. The van der Waals surface area contributed by atoms with Gasteiger partial charge in [-0.3, -0.25) is 0 Å². The van der Waals surface area contributed by atoms with E-state index in [0.29, 0.717) is 0 Å². The van der Waals surface area contributed by atoms with Crippen LogP contribution in [-0.4, -0.2) is 6.61 Å². The van der Waals surface area contributed by atoms with Crippen molar-refractivity contribution in [3.63, 3.8) is 0 Å². The van der Waals surface area contributed by atoms with E-state index in [2.05, 4.69) is 4.94 Å². The van der Waals surface area contributed by atoms with Crippen LogP contribution in [0.1, 0.15) is 14.4 Å². The predicted molar refractivity (Wildman–Crippen MR) is 19.5 cm³/mol. The quantitative estimate of drug-likeness (QED) is 0.464. The Balaban J connectivity index is 0. The van der Waals surface area contributed by atoms with E-state index >= 15 is 0 Å². The van der Waals surface area contributed by atoms with Crippen LogP contribution in [0, 0.1) is 0 Å². The van der Waals surface area contributed by atoms with Gasteiger partial charge < -0.3 is 0 Å². The molecule has 0 amide bonds. The van der Waals surface area contributed by atoms with Gasteiger partial charge >= 0.3 is 0 Å². The van der Waals surface area contributed by atoms with E-state index < -0.39 is 0 Å². The molecule has 0 atom stereocenters. The highest BCUT2D eigenvalue weighted by molar-refractivity contribution is 3.89. The lowest BCUT2D eigenvalue weighted by atomic mass is 10.9. The Morgan fingerprint density at radius 1 is 1.80 bits per heavy atom. The molecule has 5 heavy (non-hydrogen) atoms. The summed E-state index contributed by atoms with van der Waals surface area (Å²) in [7, 11) is 0. The lowest BCUT2D eigenvalue weighted by molar-refractivity contribution is -0.125. The van der Waals surface area contributed by atoms with Gasteiger partial charge in [0.25, 0.3) is 0 Å². The van der Waals surface area contributed by atoms with E-state index in [9.17, 15) is 4.53 Å². The summed E-state index contributed by atoms with van der Waals surface area (Å²) in [6.07, 6.45) is 0. The van der Waals surface area contributed by atoms with Crippen LogP contribution in [0.25, 0.3) is 0 Å². The summed E-state index contributed by atoms with van der Waals surface area (Å²) >= 11 is 0. The van der Waals surface area contributed by atoms with Crippen molar-refractivity contribution in [1.82, 2.24) is 0 Å². The SMILES string of the molecule is C.CCOF. The van der Waals surface area contributed by atoms with Crippen LogP contribution in [0.4, 0.5) is 4.53 Å². The second kappa shape index (κ2) is 9.10. The first-order valence-corrected chi connectivity index (χ1v) is 1.15.